The third kappa shape index (κ3) is 4.70. The predicted molar refractivity (Wildman–Crippen MR) is 127 cm³/mol. The van der Waals surface area contributed by atoms with E-state index >= 15 is 0 Å². The van der Waals surface area contributed by atoms with Crippen LogP contribution in [0.1, 0.15) is 112 Å². The lowest BCUT2D eigenvalue weighted by Gasteiger charge is -2.52. The molecule has 0 amide bonds. The summed E-state index contributed by atoms with van der Waals surface area (Å²) in [7, 11) is 0. The molecule has 2 N–H and O–H groups in total. The molecule has 2 fully saturated rings. The molecule has 2 heteroatoms. The Balaban J connectivity index is 1.69. The molecule has 8 atom stereocenters. The average molecular weight is 419 g/mol. The molecular weight excluding hydrogens is 368 g/mol. The Morgan fingerprint density at radius 1 is 1.17 bits per heavy atom. The molecule has 0 aromatic heterocycles. The Bertz CT molecular complexity index is 595. The van der Waals surface area contributed by atoms with Crippen molar-refractivity contribution in [2.24, 2.45) is 40.9 Å². The Kier molecular flexibility index (Phi) is 7.82. The van der Waals surface area contributed by atoms with Gasteiger partial charge in [0, 0.05) is 0 Å². The van der Waals surface area contributed by atoms with Crippen LogP contribution in [0.2, 0.25) is 0 Å². The van der Waals surface area contributed by atoms with Gasteiger partial charge in [0.25, 0.3) is 0 Å². The molecule has 3 aliphatic rings. The van der Waals surface area contributed by atoms with Crippen LogP contribution < -0.4 is 0 Å². The number of fused-ring (bicyclic) bond motifs is 3. The molecule has 0 aromatic rings. The standard InChI is InChI=1S/C28H50O2/c1-7-9-15-28(30,8-2)18-21-10-11-23-22(17-21)14-16-27(6)24(12-13-25(23)27)20(5)26(29)19(3)4/h10,19-20,22-26,29-30H,7-9,11-18H2,1-6H3/t20-,22+,23+,24+,25-,26?,27+,28-/m0/s1. The maximum absolute atomic E-state index is 11.1. The molecule has 0 saturated heterocycles. The van der Waals surface area contributed by atoms with Crippen LogP contribution >= 0.6 is 0 Å². The van der Waals surface area contributed by atoms with E-state index in [1.165, 1.54) is 38.5 Å². The summed E-state index contributed by atoms with van der Waals surface area (Å²) in [6, 6.07) is 0. The fourth-order valence-electron chi connectivity index (χ4n) is 7.91. The minimum absolute atomic E-state index is 0.170. The molecule has 2 saturated carbocycles. The summed E-state index contributed by atoms with van der Waals surface area (Å²) >= 11 is 0. The van der Waals surface area contributed by atoms with Crippen molar-refractivity contribution in [1.29, 1.82) is 0 Å². The van der Waals surface area contributed by atoms with Gasteiger partial charge in [0.2, 0.25) is 0 Å². The fraction of sp³-hybridized carbons (Fsp3) is 0.929. The van der Waals surface area contributed by atoms with Crippen molar-refractivity contribution >= 4 is 0 Å². The fourth-order valence-corrected chi connectivity index (χ4v) is 7.91. The summed E-state index contributed by atoms with van der Waals surface area (Å²) in [5, 5.41) is 21.9. The average Bonchev–Trinajstić information content (AvgIpc) is 3.08. The highest BCUT2D eigenvalue weighted by molar-refractivity contribution is 5.16. The van der Waals surface area contributed by atoms with Gasteiger partial charge in [-0.3, -0.25) is 0 Å². The lowest BCUT2D eigenvalue weighted by atomic mass is 9.53. The van der Waals surface area contributed by atoms with Gasteiger partial charge in [-0.05, 0) is 98.7 Å². The van der Waals surface area contributed by atoms with Crippen LogP contribution in [-0.2, 0) is 0 Å². The zero-order valence-electron chi connectivity index (χ0n) is 20.8. The second-order valence-corrected chi connectivity index (χ2v) is 12.0. The molecule has 30 heavy (non-hydrogen) atoms. The van der Waals surface area contributed by atoms with Gasteiger partial charge in [0.1, 0.15) is 0 Å². The lowest BCUT2D eigenvalue weighted by molar-refractivity contribution is -0.0413. The molecule has 1 unspecified atom stereocenters. The quantitative estimate of drug-likeness (QED) is 0.391. The second-order valence-electron chi connectivity index (χ2n) is 12.0. The molecule has 0 aromatic carbocycles. The summed E-state index contributed by atoms with van der Waals surface area (Å²) in [6.45, 7) is 13.6. The third-order valence-corrected chi connectivity index (χ3v) is 9.93. The second kappa shape index (κ2) is 9.65. The van der Waals surface area contributed by atoms with Crippen LogP contribution in [0.15, 0.2) is 11.6 Å². The molecule has 3 aliphatic carbocycles. The largest absolute Gasteiger partial charge is 0.393 e. The van der Waals surface area contributed by atoms with Gasteiger partial charge in [-0.25, -0.2) is 0 Å². The number of aliphatic hydroxyl groups excluding tert-OH is 1. The summed E-state index contributed by atoms with van der Waals surface area (Å²) < 4.78 is 0. The molecule has 0 bridgehead atoms. The number of rotatable bonds is 9. The summed E-state index contributed by atoms with van der Waals surface area (Å²) in [5.41, 5.74) is 1.46. The van der Waals surface area contributed by atoms with E-state index in [0.717, 1.165) is 49.9 Å². The van der Waals surface area contributed by atoms with Gasteiger partial charge >= 0.3 is 0 Å². The predicted octanol–water partition coefficient (Wildman–Crippen LogP) is 7.14. The first-order chi connectivity index (χ1) is 14.1. The third-order valence-electron chi connectivity index (χ3n) is 9.93. The van der Waals surface area contributed by atoms with Gasteiger partial charge in [-0.15, -0.1) is 0 Å². The van der Waals surface area contributed by atoms with Gasteiger partial charge in [0.15, 0.2) is 0 Å². The molecule has 3 rings (SSSR count). The lowest BCUT2D eigenvalue weighted by Crippen LogP contribution is -2.45. The van der Waals surface area contributed by atoms with E-state index < -0.39 is 5.60 Å². The van der Waals surface area contributed by atoms with Crippen molar-refractivity contribution in [3.63, 3.8) is 0 Å². The molecule has 0 aliphatic heterocycles. The normalized spacial score (nSPS) is 37.8. The van der Waals surface area contributed by atoms with Crippen molar-refractivity contribution in [1.82, 2.24) is 0 Å². The van der Waals surface area contributed by atoms with Crippen LogP contribution in [0.3, 0.4) is 0 Å². The molecule has 2 nitrogen and oxygen atoms in total. The summed E-state index contributed by atoms with van der Waals surface area (Å²) in [4.78, 5) is 0. The van der Waals surface area contributed by atoms with Gasteiger partial charge in [-0.2, -0.15) is 0 Å². The van der Waals surface area contributed by atoms with Gasteiger partial charge in [-0.1, -0.05) is 66.0 Å². The van der Waals surface area contributed by atoms with Crippen LogP contribution in [0.5, 0.6) is 0 Å². The molecule has 0 heterocycles. The zero-order valence-corrected chi connectivity index (χ0v) is 20.8. The Labute approximate surface area is 186 Å². The van der Waals surface area contributed by atoms with Gasteiger partial charge in [0.05, 0.1) is 11.7 Å². The number of hydrogen-bond donors (Lipinski definition) is 2. The molecule has 0 radical (unpaired) electrons. The van der Waals surface area contributed by atoms with Crippen molar-refractivity contribution < 1.29 is 10.2 Å². The monoisotopic (exact) mass is 418 g/mol. The zero-order chi connectivity index (χ0) is 22.1. The van der Waals surface area contributed by atoms with E-state index in [1.807, 2.05) is 0 Å². The van der Waals surface area contributed by atoms with Gasteiger partial charge < -0.3 is 10.2 Å². The first-order valence-electron chi connectivity index (χ1n) is 13.2. The van der Waals surface area contributed by atoms with Crippen LogP contribution in [-0.4, -0.2) is 21.9 Å². The minimum atomic E-state index is -0.487. The summed E-state index contributed by atoms with van der Waals surface area (Å²) in [6.07, 6.45) is 15.2. The van der Waals surface area contributed by atoms with Crippen LogP contribution in [0.4, 0.5) is 0 Å². The Morgan fingerprint density at radius 2 is 1.90 bits per heavy atom. The highest BCUT2D eigenvalue weighted by Gasteiger charge is 2.55. The number of aliphatic hydroxyl groups is 2. The van der Waals surface area contributed by atoms with Crippen molar-refractivity contribution in [2.45, 2.75) is 124 Å². The molecule has 0 spiro atoms. The SMILES string of the molecule is CCCC[C@@](O)(CC)CC1=CC[C@@H]2[C@H](CC[C@]3(C)[C@@H]([C@H](C)C(O)C(C)C)CC[C@@H]23)C1. The molecule has 174 valence electrons. The summed E-state index contributed by atoms with van der Waals surface area (Å²) in [5.74, 6) is 3.90. The van der Waals surface area contributed by atoms with E-state index in [9.17, 15) is 10.2 Å². The first kappa shape index (κ1) is 24.3. The van der Waals surface area contributed by atoms with Crippen molar-refractivity contribution in [3.05, 3.63) is 11.6 Å². The first-order valence-corrected chi connectivity index (χ1v) is 13.2. The smallest absolute Gasteiger partial charge is 0.0682 e. The van der Waals surface area contributed by atoms with Crippen molar-refractivity contribution in [2.75, 3.05) is 0 Å². The van der Waals surface area contributed by atoms with E-state index in [1.54, 1.807) is 5.57 Å². The maximum Gasteiger partial charge on any atom is 0.0682 e. The Hall–Kier alpha value is -0.340. The van der Waals surface area contributed by atoms with Crippen LogP contribution in [0.25, 0.3) is 0 Å². The van der Waals surface area contributed by atoms with Crippen LogP contribution in [0, 0.1) is 40.9 Å². The van der Waals surface area contributed by atoms with E-state index in [4.69, 9.17) is 0 Å². The topological polar surface area (TPSA) is 40.5 Å². The maximum atomic E-state index is 11.1. The van der Waals surface area contributed by atoms with Crippen molar-refractivity contribution in [3.8, 4) is 0 Å². The van der Waals surface area contributed by atoms with E-state index in [2.05, 4.69) is 47.6 Å². The number of unbranched alkanes of at least 4 members (excludes halogenated alkanes) is 1. The highest BCUT2D eigenvalue weighted by Crippen LogP contribution is 2.63. The molecular formula is C28H50O2. The highest BCUT2D eigenvalue weighted by atomic mass is 16.3. The Morgan fingerprint density at radius 3 is 2.53 bits per heavy atom. The van der Waals surface area contributed by atoms with E-state index in [0.29, 0.717) is 23.2 Å². The number of hydrogen-bond acceptors (Lipinski definition) is 2. The minimum Gasteiger partial charge on any atom is -0.393 e. The number of allylic oxidation sites excluding steroid dienone is 1. The van der Waals surface area contributed by atoms with E-state index in [-0.39, 0.29) is 6.10 Å².